The molecule has 1 unspecified atom stereocenters. The number of hydrogen-bond acceptors (Lipinski definition) is 5. The van der Waals surface area contributed by atoms with E-state index in [2.05, 4.69) is 18.6 Å². The molecule has 186 valence electrons. The lowest BCUT2D eigenvalue weighted by atomic mass is 9.83. The third-order valence-electron chi connectivity index (χ3n) is 6.54. The highest BCUT2D eigenvalue weighted by Gasteiger charge is 2.28. The van der Waals surface area contributed by atoms with Crippen LogP contribution in [0.2, 0.25) is 0 Å². The SMILES string of the molecule is CC(C)CC(c1cccc(NS(=O)(=O)c2ccccc2)c1)c1c(O)c2c(oc1=O)CCCCCC2. The molecular formula is C28H33NO5S. The number of aryl methyl sites for hydroxylation is 1. The summed E-state index contributed by atoms with van der Waals surface area (Å²) in [5, 5.41) is 11.3. The molecule has 1 aliphatic carbocycles. The minimum atomic E-state index is -3.76. The fraction of sp³-hybridized carbons (Fsp3) is 0.393. The summed E-state index contributed by atoms with van der Waals surface area (Å²) < 4.78 is 34.1. The fourth-order valence-electron chi connectivity index (χ4n) is 4.85. The van der Waals surface area contributed by atoms with E-state index in [1.807, 2.05) is 6.07 Å². The van der Waals surface area contributed by atoms with Crippen molar-refractivity contribution in [2.45, 2.75) is 69.6 Å². The summed E-state index contributed by atoms with van der Waals surface area (Å²) in [5.41, 5.74) is 1.65. The molecule has 0 amide bonds. The molecule has 6 nitrogen and oxygen atoms in total. The lowest BCUT2D eigenvalue weighted by Crippen LogP contribution is -2.19. The Hall–Kier alpha value is -3.06. The maximum absolute atomic E-state index is 13.2. The predicted molar refractivity (Wildman–Crippen MR) is 138 cm³/mol. The molecule has 2 N–H and O–H groups in total. The molecular weight excluding hydrogens is 462 g/mol. The van der Waals surface area contributed by atoms with Crippen molar-refractivity contribution in [3.63, 3.8) is 0 Å². The van der Waals surface area contributed by atoms with Crippen molar-refractivity contribution in [2.75, 3.05) is 4.72 Å². The van der Waals surface area contributed by atoms with Gasteiger partial charge in [0.05, 0.1) is 10.5 Å². The Kier molecular flexibility index (Phi) is 7.65. The van der Waals surface area contributed by atoms with Gasteiger partial charge in [0.25, 0.3) is 10.0 Å². The summed E-state index contributed by atoms with van der Waals surface area (Å²) in [5.74, 6) is 0.441. The van der Waals surface area contributed by atoms with E-state index in [9.17, 15) is 18.3 Å². The van der Waals surface area contributed by atoms with Crippen LogP contribution in [0.1, 0.15) is 74.3 Å². The minimum Gasteiger partial charge on any atom is -0.507 e. The summed E-state index contributed by atoms with van der Waals surface area (Å²) in [6.45, 7) is 4.11. The number of benzene rings is 2. The maximum Gasteiger partial charge on any atom is 0.343 e. The minimum absolute atomic E-state index is 0.0408. The first-order valence-electron chi connectivity index (χ1n) is 12.3. The van der Waals surface area contributed by atoms with Gasteiger partial charge in [0, 0.05) is 23.6 Å². The van der Waals surface area contributed by atoms with Crippen molar-refractivity contribution in [3.8, 4) is 5.75 Å². The van der Waals surface area contributed by atoms with Crippen LogP contribution in [0.4, 0.5) is 5.69 Å². The summed E-state index contributed by atoms with van der Waals surface area (Å²) in [7, 11) is -3.76. The Morgan fingerprint density at radius 1 is 0.971 bits per heavy atom. The molecule has 7 heteroatoms. The third kappa shape index (κ3) is 5.78. The van der Waals surface area contributed by atoms with Gasteiger partial charge in [-0.2, -0.15) is 0 Å². The number of sulfonamides is 1. The van der Waals surface area contributed by atoms with E-state index in [1.165, 1.54) is 12.1 Å². The van der Waals surface area contributed by atoms with E-state index < -0.39 is 21.6 Å². The summed E-state index contributed by atoms with van der Waals surface area (Å²) in [6.07, 6.45) is 6.01. The standard InChI is InChI=1S/C28H33NO5S/c1-19(2)17-24(26-27(30)23-15-8-3-4-9-16-25(23)34-28(26)31)20-11-10-12-21(18-20)29-35(32,33)22-13-6-5-7-14-22/h5-7,10-14,18-19,24,29-30H,3-4,8-9,15-17H2,1-2H3. The zero-order valence-electron chi connectivity index (χ0n) is 20.3. The third-order valence-corrected chi connectivity index (χ3v) is 7.94. The monoisotopic (exact) mass is 495 g/mol. The van der Waals surface area contributed by atoms with E-state index in [4.69, 9.17) is 4.42 Å². The largest absolute Gasteiger partial charge is 0.507 e. The van der Waals surface area contributed by atoms with E-state index in [1.54, 1.807) is 36.4 Å². The number of fused-ring (bicyclic) bond motifs is 1. The van der Waals surface area contributed by atoms with Gasteiger partial charge in [-0.15, -0.1) is 0 Å². The van der Waals surface area contributed by atoms with Crippen LogP contribution in [0.3, 0.4) is 0 Å². The summed E-state index contributed by atoms with van der Waals surface area (Å²) in [6, 6.07) is 15.2. The smallest absolute Gasteiger partial charge is 0.343 e. The Balaban J connectivity index is 1.75. The average Bonchev–Trinajstić information content (AvgIpc) is 2.80. The van der Waals surface area contributed by atoms with Gasteiger partial charge in [0.2, 0.25) is 0 Å². The molecule has 35 heavy (non-hydrogen) atoms. The van der Waals surface area contributed by atoms with E-state index in [0.29, 0.717) is 30.7 Å². The summed E-state index contributed by atoms with van der Waals surface area (Å²) >= 11 is 0. The molecule has 1 aromatic heterocycles. The molecule has 0 fully saturated rings. The second-order valence-corrected chi connectivity index (χ2v) is 11.4. The van der Waals surface area contributed by atoms with E-state index in [0.717, 1.165) is 36.8 Å². The summed E-state index contributed by atoms with van der Waals surface area (Å²) in [4.78, 5) is 13.3. The van der Waals surface area contributed by atoms with Gasteiger partial charge in [-0.3, -0.25) is 4.72 Å². The van der Waals surface area contributed by atoms with Gasteiger partial charge < -0.3 is 9.52 Å². The van der Waals surface area contributed by atoms with Gasteiger partial charge in [-0.05, 0) is 61.4 Å². The Bertz CT molecular complexity index is 1330. The quantitative estimate of drug-likeness (QED) is 0.420. The van der Waals surface area contributed by atoms with Crippen LogP contribution in [0.15, 0.2) is 68.7 Å². The van der Waals surface area contributed by atoms with Crippen molar-refractivity contribution in [3.05, 3.63) is 87.5 Å². The lowest BCUT2D eigenvalue weighted by Gasteiger charge is -2.23. The van der Waals surface area contributed by atoms with Gasteiger partial charge in [-0.25, -0.2) is 13.2 Å². The zero-order valence-corrected chi connectivity index (χ0v) is 21.1. The number of nitrogens with one attached hydrogen (secondary N) is 1. The number of rotatable bonds is 7. The second-order valence-electron chi connectivity index (χ2n) is 9.69. The average molecular weight is 496 g/mol. The van der Waals surface area contributed by atoms with Crippen LogP contribution < -0.4 is 10.3 Å². The van der Waals surface area contributed by atoms with Crippen LogP contribution in [0.25, 0.3) is 0 Å². The molecule has 1 heterocycles. The topological polar surface area (TPSA) is 96.6 Å². The second kappa shape index (κ2) is 10.7. The highest BCUT2D eigenvalue weighted by molar-refractivity contribution is 7.92. The van der Waals surface area contributed by atoms with Gasteiger partial charge in [-0.1, -0.05) is 57.0 Å². The zero-order chi connectivity index (χ0) is 25.0. The van der Waals surface area contributed by atoms with E-state index >= 15 is 0 Å². The first kappa shape index (κ1) is 25.0. The molecule has 1 atom stereocenters. The molecule has 0 bridgehead atoms. The molecule has 3 aromatic rings. The first-order valence-corrected chi connectivity index (χ1v) is 13.8. The number of hydrogen-bond donors (Lipinski definition) is 2. The van der Waals surface area contributed by atoms with Crippen LogP contribution in [0.5, 0.6) is 5.75 Å². The molecule has 0 aliphatic heterocycles. The molecule has 0 spiro atoms. The van der Waals surface area contributed by atoms with Crippen LogP contribution in [-0.2, 0) is 22.9 Å². The van der Waals surface area contributed by atoms with E-state index in [-0.39, 0.29) is 22.1 Å². The number of aromatic hydroxyl groups is 1. The first-order chi connectivity index (χ1) is 16.8. The van der Waals surface area contributed by atoms with Crippen LogP contribution in [0, 0.1) is 5.92 Å². The van der Waals surface area contributed by atoms with Gasteiger partial charge in [0.1, 0.15) is 11.5 Å². The van der Waals surface area contributed by atoms with Crippen molar-refractivity contribution in [1.29, 1.82) is 0 Å². The highest BCUT2D eigenvalue weighted by Crippen LogP contribution is 2.39. The van der Waals surface area contributed by atoms with Crippen molar-refractivity contribution >= 4 is 15.7 Å². The van der Waals surface area contributed by atoms with Crippen molar-refractivity contribution in [1.82, 2.24) is 0 Å². The lowest BCUT2D eigenvalue weighted by molar-refractivity contribution is 0.379. The maximum atomic E-state index is 13.2. The normalized spacial score (nSPS) is 15.2. The van der Waals surface area contributed by atoms with Crippen LogP contribution >= 0.6 is 0 Å². The molecule has 0 saturated heterocycles. The molecule has 1 aliphatic rings. The Morgan fingerprint density at radius 2 is 1.69 bits per heavy atom. The van der Waals surface area contributed by atoms with Gasteiger partial charge in [0.15, 0.2) is 0 Å². The molecule has 2 aromatic carbocycles. The molecule has 0 saturated carbocycles. The van der Waals surface area contributed by atoms with Gasteiger partial charge >= 0.3 is 5.63 Å². The molecule has 0 radical (unpaired) electrons. The van der Waals surface area contributed by atoms with Crippen LogP contribution in [-0.4, -0.2) is 13.5 Å². The Morgan fingerprint density at radius 3 is 2.40 bits per heavy atom. The van der Waals surface area contributed by atoms with Crippen molar-refractivity contribution < 1.29 is 17.9 Å². The molecule has 4 rings (SSSR count). The van der Waals surface area contributed by atoms with Crippen molar-refractivity contribution in [2.24, 2.45) is 5.92 Å². The Labute approximate surface area is 207 Å². The highest BCUT2D eigenvalue weighted by atomic mass is 32.2. The fourth-order valence-corrected chi connectivity index (χ4v) is 5.92. The number of anilines is 1. The predicted octanol–water partition coefficient (Wildman–Crippen LogP) is 5.98.